The van der Waals surface area contributed by atoms with E-state index in [1.165, 1.54) is 12.8 Å². The van der Waals surface area contributed by atoms with Gasteiger partial charge in [0.25, 0.3) is 5.91 Å². The minimum absolute atomic E-state index is 0.0266. The Morgan fingerprint density at radius 1 is 1.33 bits per heavy atom. The molecule has 1 heterocycles. The van der Waals surface area contributed by atoms with Crippen molar-refractivity contribution in [3.63, 3.8) is 0 Å². The highest BCUT2D eigenvalue weighted by atomic mass is 16.3. The van der Waals surface area contributed by atoms with E-state index < -0.39 is 0 Å². The van der Waals surface area contributed by atoms with Crippen molar-refractivity contribution in [3.05, 3.63) is 47.3 Å². The van der Waals surface area contributed by atoms with E-state index in [4.69, 9.17) is 0 Å². The van der Waals surface area contributed by atoms with Crippen molar-refractivity contribution in [2.24, 2.45) is 11.8 Å². The van der Waals surface area contributed by atoms with Crippen molar-refractivity contribution in [2.45, 2.75) is 39.7 Å². The van der Waals surface area contributed by atoms with Crippen LogP contribution >= 0.6 is 0 Å². The monoisotopic (exact) mass is 327 g/mol. The molecule has 1 saturated carbocycles. The van der Waals surface area contributed by atoms with E-state index in [2.05, 4.69) is 24.0 Å². The second kappa shape index (κ2) is 7.07. The molecule has 2 aromatic rings. The third-order valence-corrected chi connectivity index (χ3v) is 4.25. The van der Waals surface area contributed by atoms with Crippen molar-refractivity contribution in [3.8, 4) is 5.75 Å². The number of nitrogens with one attached hydrogen (secondary N) is 1. The number of rotatable bonds is 7. The van der Waals surface area contributed by atoms with Gasteiger partial charge in [-0.05, 0) is 54.9 Å². The van der Waals surface area contributed by atoms with Crippen LogP contribution < -0.4 is 0 Å². The number of aromatic nitrogens is 2. The number of hydrogen-bond donors (Lipinski definition) is 2. The molecular formula is C19H25N3O2. The Hall–Kier alpha value is -2.30. The summed E-state index contributed by atoms with van der Waals surface area (Å²) in [6.07, 6.45) is 3.28. The van der Waals surface area contributed by atoms with Crippen LogP contribution in [0.15, 0.2) is 30.3 Å². The Bertz CT molecular complexity index is 687. The van der Waals surface area contributed by atoms with Gasteiger partial charge in [0.15, 0.2) is 0 Å². The molecule has 1 aromatic carbocycles. The van der Waals surface area contributed by atoms with Crippen molar-refractivity contribution in [2.75, 3.05) is 6.54 Å². The standard InChI is InChI=1S/C19H25N3O2/c1-13(2)9-16-10-18(21-20-16)19(24)22(11-14-3-4-14)12-15-5-7-17(23)8-6-15/h5-8,10,13-14,23H,3-4,9,11-12H2,1-2H3,(H,20,21). The fourth-order valence-electron chi connectivity index (χ4n) is 2.83. The van der Waals surface area contributed by atoms with E-state index >= 15 is 0 Å². The first-order chi connectivity index (χ1) is 11.5. The fraction of sp³-hybridized carbons (Fsp3) is 0.474. The Balaban J connectivity index is 1.73. The van der Waals surface area contributed by atoms with Gasteiger partial charge >= 0.3 is 0 Å². The number of H-pyrrole nitrogens is 1. The quantitative estimate of drug-likeness (QED) is 0.819. The summed E-state index contributed by atoms with van der Waals surface area (Å²) >= 11 is 0. The third kappa shape index (κ3) is 4.37. The van der Waals surface area contributed by atoms with E-state index in [-0.39, 0.29) is 11.7 Å². The second-order valence-electron chi connectivity index (χ2n) is 7.17. The van der Waals surface area contributed by atoms with Crippen LogP contribution in [0, 0.1) is 11.8 Å². The number of aromatic amines is 1. The van der Waals surface area contributed by atoms with Crippen LogP contribution in [0.5, 0.6) is 5.75 Å². The number of phenolic OH excluding ortho intramolecular Hbond substituents is 1. The molecule has 0 bridgehead atoms. The minimum atomic E-state index is -0.0266. The largest absolute Gasteiger partial charge is 0.508 e. The van der Waals surface area contributed by atoms with Crippen LogP contribution in [0.1, 0.15) is 48.4 Å². The van der Waals surface area contributed by atoms with Gasteiger partial charge in [0.1, 0.15) is 11.4 Å². The van der Waals surface area contributed by atoms with Crippen LogP contribution in [0.2, 0.25) is 0 Å². The maximum atomic E-state index is 12.9. The SMILES string of the molecule is CC(C)Cc1cc(C(=O)N(Cc2ccc(O)cc2)CC2CC2)n[nH]1. The predicted octanol–water partition coefficient (Wildman–Crippen LogP) is 3.37. The molecule has 1 fully saturated rings. The van der Waals surface area contributed by atoms with E-state index in [1.54, 1.807) is 12.1 Å². The second-order valence-corrected chi connectivity index (χ2v) is 7.17. The summed E-state index contributed by atoms with van der Waals surface area (Å²) in [5.74, 6) is 1.35. The molecule has 1 amide bonds. The number of phenols is 1. The highest BCUT2D eigenvalue weighted by Gasteiger charge is 2.28. The topological polar surface area (TPSA) is 69.2 Å². The van der Waals surface area contributed by atoms with Crippen LogP contribution in [-0.4, -0.2) is 32.7 Å². The van der Waals surface area contributed by atoms with Gasteiger partial charge < -0.3 is 10.0 Å². The zero-order valence-electron chi connectivity index (χ0n) is 14.3. The first-order valence-corrected chi connectivity index (χ1v) is 8.62. The van der Waals surface area contributed by atoms with E-state index in [9.17, 15) is 9.90 Å². The average Bonchev–Trinajstić information content (AvgIpc) is 3.24. The summed E-state index contributed by atoms with van der Waals surface area (Å²) in [5, 5.41) is 16.6. The summed E-state index contributed by atoms with van der Waals surface area (Å²) in [4.78, 5) is 14.7. The minimum Gasteiger partial charge on any atom is -0.508 e. The predicted molar refractivity (Wildman–Crippen MR) is 92.7 cm³/mol. The number of hydrogen-bond acceptors (Lipinski definition) is 3. The highest BCUT2D eigenvalue weighted by molar-refractivity contribution is 5.92. The lowest BCUT2D eigenvalue weighted by atomic mass is 10.1. The van der Waals surface area contributed by atoms with Crippen molar-refractivity contribution in [1.82, 2.24) is 15.1 Å². The van der Waals surface area contributed by atoms with Gasteiger partial charge in [-0.2, -0.15) is 5.10 Å². The van der Waals surface area contributed by atoms with Crippen molar-refractivity contribution >= 4 is 5.91 Å². The molecule has 0 saturated heterocycles. The zero-order valence-corrected chi connectivity index (χ0v) is 14.3. The van der Waals surface area contributed by atoms with Gasteiger partial charge in [-0.1, -0.05) is 26.0 Å². The number of aromatic hydroxyl groups is 1. The van der Waals surface area contributed by atoms with Gasteiger partial charge in [-0.3, -0.25) is 9.89 Å². The van der Waals surface area contributed by atoms with Crippen molar-refractivity contribution in [1.29, 1.82) is 0 Å². The maximum absolute atomic E-state index is 12.9. The Labute approximate surface area is 142 Å². The van der Waals surface area contributed by atoms with Gasteiger partial charge in [0.2, 0.25) is 0 Å². The molecule has 0 atom stereocenters. The first kappa shape index (κ1) is 16.6. The lowest BCUT2D eigenvalue weighted by Gasteiger charge is -2.22. The molecule has 1 aliphatic carbocycles. The van der Waals surface area contributed by atoms with Crippen LogP contribution in [0.3, 0.4) is 0 Å². The average molecular weight is 327 g/mol. The molecule has 2 N–H and O–H groups in total. The van der Waals surface area contributed by atoms with Gasteiger partial charge in [0, 0.05) is 18.8 Å². The summed E-state index contributed by atoms with van der Waals surface area (Å²) in [6, 6.07) is 8.91. The molecule has 1 aliphatic rings. The van der Waals surface area contributed by atoms with E-state index in [0.29, 0.717) is 24.1 Å². The summed E-state index contributed by atoms with van der Waals surface area (Å²) in [7, 11) is 0. The van der Waals surface area contributed by atoms with E-state index in [1.807, 2.05) is 23.1 Å². The maximum Gasteiger partial charge on any atom is 0.274 e. The molecule has 1 aromatic heterocycles. The number of amides is 1. The lowest BCUT2D eigenvalue weighted by molar-refractivity contribution is 0.0729. The normalized spacial score (nSPS) is 14.1. The molecule has 3 rings (SSSR count). The third-order valence-electron chi connectivity index (χ3n) is 4.25. The van der Waals surface area contributed by atoms with Crippen molar-refractivity contribution < 1.29 is 9.90 Å². The molecule has 5 heteroatoms. The summed E-state index contributed by atoms with van der Waals surface area (Å²) in [5.41, 5.74) is 2.51. The fourth-order valence-corrected chi connectivity index (χ4v) is 2.83. The first-order valence-electron chi connectivity index (χ1n) is 8.62. The smallest absolute Gasteiger partial charge is 0.274 e. The molecule has 128 valence electrons. The zero-order chi connectivity index (χ0) is 17.1. The Morgan fingerprint density at radius 2 is 2.04 bits per heavy atom. The Morgan fingerprint density at radius 3 is 2.67 bits per heavy atom. The van der Waals surface area contributed by atoms with Crippen LogP contribution in [-0.2, 0) is 13.0 Å². The summed E-state index contributed by atoms with van der Waals surface area (Å²) < 4.78 is 0. The summed E-state index contributed by atoms with van der Waals surface area (Å²) in [6.45, 7) is 5.60. The number of benzene rings is 1. The van der Waals surface area contributed by atoms with Gasteiger partial charge in [-0.25, -0.2) is 0 Å². The molecule has 5 nitrogen and oxygen atoms in total. The molecule has 0 unspecified atom stereocenters. The van der Waals surface area contributed by atoms with E-state index in [0.717, 1.165) is 24.2 Å². The number of nitrogens with zero attached hydrogens (tertiary/aromatic N) is 2. The van der Waals surface area contributed by atoms with Gasteiger partial charge in [-0.15, -0.1) is 0 Å². The van der Waals surface area contributed by atoms with Crippen LogP contribution in [0.25, 0.3) is 0 Å². The lowest BCUT2D eigenvalue weighted by Crippen LogP contribution is -2.32. The molecule has 0 spiro atoms. The van der Waals surface area contributed by atoms with Gasteiger partial charge in [0.05, 0.1) is 0 Å². The number of carbonyl (C=O) groups is 1. The molecule has 24 heavy (non-hydrogen) atoms. The Kier molecular flexibility index (Phi) is 4.88. The highest BCUT2D eigenvalue weighted by Crippen LogP contribution is 2.30. The van der Waals surface area contributed by atoms with Crippen LogP contribution in [0.4, 0.5) is 0 Å². The number of carbonyl (C=O) groups excluding carboxylic acids is 1. The molecule has 0 aliphatic heterocycles. The molecular weight excluding hydrogens is 302 g/mol. The molecule has 0 radical (unpaired) electrons.